The van der Waals surface area contributed by atoms with Crippen LogP contribution in [-0.4, -0.2) is 23.0 Å². The van der Waals surface area contributed by atoms with Gasteiger partial charge >= 0.3 is 5.97 Å². The highest BCUT2D eigenvalue weighted by atomic mass is 32.2. The van der Waals surface area contributed by atoms with Gasteiger partial charge in [-0.05, 0) is 23.6 Å². The third-order valence-corrected chi connectivity index (χ3v) is 4.47. The fourth-order valence-corrected chi connectivity index (χ4v) is 3.36. The Labute approximate surface area is 123 Å². The SMILES string of the molecule is COC(=O)c1ccc(CSc2ncnc3sccc23)o1. The first-order valence-electron chi connectivity index (χ1n) is 5.76. The van der Waals surface area contributed by atoms with Gasteiger partial charge in [-0.2, -0.15) is 0 Å². The monoisotopic (exact) mass is 306 g/mol. The second-order valence-corrected chi connectivity index (χ2v) is 5.72. The number of hydrogen-bond donors (Lipinski definition) is 0. The van der Waals surface area contributed by atoms with Crippen molar-refractivity contribution in [2.45, 2.75) is 10.8 Å². The molecular weight excluding hydrogens is 296 g/mol. The Morgan fingerprint density at radius 1 is 1.40 bits per heavy atom. The lowest BCUT2D eigenvalue weighted by atomic mass is 10.4. The highest BCUT2D eigenvalue weighted by Crippen LogP contribution is 2.30. The number of nitrogens with zero attached hydrogens (tertiary/aromatic N) is 2. The van der Waals surface area contributed by atoms with Gasteiger partial charge in [0.25, 0.3) is 0 Å². The van der Waals surface area contributed by atoms with Gasteiger partial charge in [0, 0.05) is 5.39 Å². The van der Waals surface area contributed by atoms with Crippen molar-refractivity contribution in [1.82, 2.24) is 9.97 Å². The number of esters is 1. The lowest BCUT2D eigenvalue weighted by molar-refractivity contribution is 0.0563. The van der Waals surface area contributed by atoms with Crippen molar-refractivity contribution in [3.05, 3.63) is 41.4 Å². The molecule has 102 valence electrons. The Morgan fingerprint density at radius 2 is 2.30 bits per heavy atom. The van der Waals surface area contributed by atoms with Gasteiger partial charge in [-0.15, -0.1) is 11.3 Å². The van der Waals surface area contributed by atoms with Gasteiger partial charge in [-0.25, -0.2) is 14.8 Å². The summed E-state index contributed by atoms with van der Waals surface area (Å²) in [4.78, 5) is 20.8. The van der Waals surface area contributed by atoms with Crippen LogP contribution in [0.5, 0.6) is 0 Å². The minimum atomic E-state index is -0.469. The number of ether oxygens (including phenoxy) is 1. The van der Waals surface area contributed by atoms with E-state index in [4.69, 9.17) is 4.42 Å². The van der Waals surface area contributed by atoms with E-state index in [1.165, 1.54) is 7.11 Å². The maximum atomic E-state index is 11.3. The van der Waals surface area contributed by atoms with Crippen LogP contribution in [0.2, 0.25) is 0 Å². The molecule has 0 amide bonds. The predicted molar refractivity (Wildman–Crippen MR) is 77.0 cm³/mol. The van der Waals surface area contributed by atoms with Crippen LogP contribution in [0.1, 0.15) is 16.3 Å². The van der Waals surface area contributed by atoms with E-state index in [1.807, 2.05) is 11.4 Å². The summed E-state index contributed by atoms with van der Waals surface area (Å²) in [6.07, 6.45) is 1.56. The first-order valence-corrected chi connectivity index (χ1v) is 7.62. The summed E-state index contributed by atoms with van der Waals surface area (Å²) >= 11 is 3.14. The summed E-state index contributed by atoms with van der Waals surface area (Å²) in [6.45, 7) is 0. The van der Waals surface area contributed by atoms with Crippen molar-refractivity contribution < 1.29 is 13.9 Å². The molecule has 0 aliphatic heterocycles. The molecule has 3 aromatic rings. The average Bonchev–Trinajstić information content (AvgIpc) is 3.13. The summed E-state index contributed by atoms with van der Waals surface area (Å²) in [7, 11) is 1.33. The molecule has 0 spiro atoms. The fourth-order valence-electron chi connectivity index (χ4n) is 1.69. The third-order valence-electron chi connectivity index (χ3n) is 2.62. The van der Waals surface area contributed by atoms with Crippen LogP contribution >= 0.6 is 23.1 Å². The third kappa shape index (κ3) is 2.54. The minimum Gasteiger partial charge on any atom is -0.463 e. The van der Waals surface area contributed by atoms with Gasteiger partial charge in [-0.3, -0.25) is 0 Å². The maximum Gasteiger partial charge on any atom is 0.373 e. The van der Waals surface area contributed by atoms with E-state index >= 15 is 0 Å². The van der Waals surface area contributed by atoms with Crippen molar-refractivity contribution in [3.63, 3.8) is 0 Å². The molecule has 0 saturated carbocycles. The second kappa shape index (κ2) is 5.64. The molecule has 7 heteroatoms. The van der Waals surface area contributed by atoms with E-state index in [9.17, 15) is 4.79 Å². The Morgan fingerprint density at radius 3 is 3.15 bits per heavy atom. The Kier molecular flexibility index (Phi) is 3.70. The summed E-state index contributed by atoms with van der Waals surface area (Å²) < 4.78 is 10.0. The van der Waals surface area contributed by atoms with Crippen LogP contribution in [-0.2, 0) is 10.5 Å². The molecule has 3 rings (SSSR count). The molecule has 5 nitrogen and oxygen atoms in total. The second-order valence-electron chi connectivity index (χ2n) is 3.86. The number of hydrogen-bond acceptors (Lipinski definition) is 7. The number of furan rings is 1. The fraction of sp³-hybridized carbons (Fsp3) is 0.154. The maximum absolute atomic E-state index is 11.3. The van der Waals surface area contributed by atoms with Crippen molar-refractivity contribution in [3.8, 4) is 0 Å². The molecule has 0 bridgehead atoms. The van der Waals surface area contributed by atoms with Gasteiger partial charge in [0.2, 0.25) is 5.76 Å². The summed E-state index contributed by atoms with van der Waals surface area (Å²) in [6, 6.07) is 5.39. The van der Waals surface area contributed by atoms with Crippen molar-refractivity contribution >= 4 is 39.3 Å². The van der Waals surface area contributed by atoms with E-state index in [-0.39, 0.29) is 5.76 Å². The number of thiophene rings is 1. The van der Waals surface area contributed by atoms with Gasteiger partial charge in [-0.1, -0.05) is 11.8 Å². The van der Waals surface area contributed by atoms with Crippen LogP contribution in [0.3, 0.4) is 0 Å². The molecule has 0 radical (unpaired) electrons. The Bertz CT molecular complexity index is 751. The molecular formula is C13H10N2O3S2. The molecule has 0 aliphatic rings. The standard InChI is InChI=1S/C13H10N2O3S2/c1-17-13(16)10-3-2-8(18-10)6-20-12-9-4-5-19-11(9)14-7-15-12/h2-5,7H,6H2,1H3. The summed E-state index contributed by atoms with van der Waals surface area (Å²) in [5, 5.41) is 3.94. The van der Waals surface area contributed by atoms with E-state index in [2.05, 4.69) is 14.7 Å². The highest BCUT2D eigenvalue weighted by molar-refractivity contribution is 7.98. The molecule has 0 aromatic carbocycles. The van der Waals surface area contributed by atoms with E-state index < -0.39 is 5.97 Å². The number of thioether (sulfide) groups is 1. The first kappa shape index (κ1) is 13.1. The van der Waals surface area contributed by atoms with Crippen LogP contribution in [0.25, 0.3) is 10.2 Å². The molecule has 0 fully saturated rings. The Balaban J connectivity index is 1.75. The zero-order valence-electron chi connectivity index (χ0n) is 10.5. The molecule has 0 unspecified atom stereocenters. The summed E-state index contributed by atoms with van der Waals surface area (Å²) in [5.41, 5.74) is 0. The van der Waals surface area contributed by atoms with Crippen LogP contribution in [0, 0.1) is 0 Å². The quantitative estimate of drug-likeness (QED) is 0.418. The minimum absolute atomic E-state index is 0.214. The number of fused-ring (bicyclic) bond motifs is 1. The van der Waals surface area contributed by atoms with Crippen molar-refractivity contribution in [2.24, 2.45) is 0 Å². The van der Waals surface area contributed by atoms with Gasteiger partial charge in [0.05, 0.1) is 12.9 Å². The van der Waals surface area contributed by atoms with Gasteiger partial charge in [0.1, 0.15) is 21.9 Å². The molecule has 20 heavy (non-hydrogen) atoms. The predicted octanol–water partition coefficient (Wildman–Crippen LogP) is 3.36. The zero-order chi connectivity index (χ0) is 13.9. The van der Waals surface area contributed by atoms with Gasteiger partial charge < -0.3 is 9.15 Å². The van der Waals surface area contributed by atoms with Crippen LogP contribution < -0.4 is 0 Å². The smallest absolute Gasteiger partial charge is 0.373 e. The molecule has 0 aliphatic carbocycles. The normalized spacial score (nSPS) is 10.8. The molecule has 0 N–H and O–H groups in total. The zero-order valence-corrected chi connectivity index (χ0v) is 12.2. The summed E-state index contributed by atoms with van der Waals surface area (Å²) in [5.74, 6) is 1.05. The highest BCUT2D eigenvalue weighted by Gasteiger charge is 2.12. The topological polar surface area (TPSA) is 65.2 Å². The van der Waals surface area contributed by atoms with E-state index in [0.29, 0.717) is 11.5 Å². The average molecular weight is 306 g/mol. The number of methoxy groups -OCH3 is 1. The van der Waals surface area contributed by atoms with Crippen molar-refractivity contribution in [1.29, 1.82) is 0 Å². The lowest BCUT2D eigenvalue weighted by Crippen LogP contribution is -1.98. The molecule has 3 heterocycles. The van der Waals surface area contributed by atoms with Crippen molar-refractivity contribution in [2.75, 3.05) is 7.11 Å². The molecule has 3 aromatic heterocycles. The Hall–Kier alpha value is -1.86. The number of rotatable bonds is 4. The first-order chi connectivity index (χ1) is 9.78. The van der Waals surface area contributed by atoms with E-state index in [1.54, 1.807) is 41.6 Å². The van der Waals surface area contributed by atoms with Gasteiger partial charge in [0.15, 0.2) is 0 Å². The number of aromatic nitrogens is 2. The van der Waals surface area contributed by atoms with Crippen LogP contribution in [0.4, 0.5) is 0 Å². The molecule has 0 atom stereocenters. The number of carbonyl (C=O) groups excluding carboxylic acids is 1. The lowest BCUT2D eigenvalue weighted by Gasteiger charge is -2.00. The number of carbonyl (C=O) groups is 1. The van der Waals surface area contributed by atoms with E-state index in [0.717, 1.165) is 15.2 Å². The van der Waals surface area contributed by atoms with Crippen LogP contribution in [0.15, 0.2) is 39.3 Å². The molecule has 0 saturated heterocycles. The largest absolute Gasteiger partial charge is 0.463 e.